The minimum Gasteiger partial charge on any atom is -0.493 e. The zero-order valence-corrected chi connectivity index (χ0v) is 18.3. The third-order valence-electron chi connectivity index (χ3n) is 5.73. The number of aryl methyl sites for hydroxylation is 1. The number of halogens is 3. The lowest BCUT2D eigenvalue weighted by atomic mass is 9.91. The van der Waals surface area contributed by atoms with Crippen molar-refractivity contribution in [3.63, 3.8) is 0 Å². The summed E-state index contributed by atoms with van der Waals surface area (Å²) < 4.78 is 57.4. The lowest BCUT2D eigenvalue weighted by Gasteiger charge is -2.32. The van der Waals surface area contributed by atoms with Crippen molar-refractivity contribution in [2.45, 2.75) is 45.3 Å². The molecule has 0 aliphatic carbocycles. The summed E-state index contributed by atoms with van der Waals surface area (Å²) in [7, 11) is 1.60. The first kappa shape index (κ1) is 22.4. The predicted octanol–water partition coefficient (Wildman–Crippen LogP) is 5.34. The van der Waals surface area contributed by atoms with E-state index < -0.39 is 11.7 Å². The summed E-state index contributed by atoms with van der Waals surface area (Å²) in [6, 6.07) is 6.86. The standard InChI is InChI=1S/C23H26F3N3O3/c1-4-31-19-11-15(7-8-18(19)30-3)12-29-9-5-6-16(13-29)21-20-17(23(24,25)26)10-14(2)27-22(20)32-28-21/h7-8,10-11,16H,4-6,9,12-13H2,1-3H3/t16-/m0/s1. The molecule has 0 saturated carbocycles. The van der Waals surface area contributed by atoms with Crippen molar-refractivity contribution < 1.29 is 27.2 Å². The second-order valence-corrected chi connectivity index (χ2v) is 8.05. The van der Waals surface area contributed by atoms with E-state index in [4.69, 9.17) is 14.0 Å². The third-order valence-corrected chi connectivity index (χ3v) is 5.73. The highest BCUT2D eigenvalue weighted by Crippen LogP contribution is 2.40. The first-order valence-corrected chi connectivity index (χ1v) is 10.7. The Morgan fingerprint density at radius 3 is 2.75 bits per heavy atom. The quantitative estimate of drug-likeness (QED) is 0.507. The number of hydrogen-bond acceptors (Lipinski definition) is 6. The molecule has 1 aromatic carbocycles. The van der Waals surface area contributed by atoms with Crippen LogP contribution in [0.2, 0.25) is 0 Å². The number of likely N-dealkylation sites (tertiary alicyclic amines) is 1. The summed E-state index contributed by atoms with van der Waals surface area (Å²) in [4.78, 5) is 6.35. The topological polar surface area (TPSA) is 60.6 Å². The number of aromatic nitrogens is 2. The van der Waals surface area contributed by atoms with Crippen molar-refractivity contribution in [3.8, 4) is 11.5 Å². The lowest BCUT2D eigenvalue weighted by Crippen LogP contribution is -2.34. The van der Waals surface area contributed by atoms with Crippen LogP contribution < -0.4 is 9.47 Å². The van der Waals surface area contributed by atoms with E-state index in [2.05, 4.69) is 15.0 Å². The molecule has 0 spiro atoms. The van der Waals surface area contributed by atoms with Gasteiger partial charge in [0, 0.05) is 24.7 Å². The Hall–Kier alpha value is -2.81. The molecule has 9 heteroatoms. The number of ether oxygens (including phenoxy) is 2. The van der Waals surface area contributed by atoms with Crippen LogP contribution in [0.4, 0.5) is 13.2 Å². The molecule has 0 unspecified atom stereocenters. The van der Waals surface area contributed by atoms with E-state index in [1.54, 1.807) is 7.11 Å². The predicted molar refractivity (Wildman–Crippen MR) is 113 cm³/mol. The van der Waals surface area contributed by atoms with Gasteiger partial charge >= 0.3 is 6.18 Å². The van der Waals surface area contributed by atoms with Gasteiger partial charge in [0.15, 0.2) is 11.5 Å². The van der Waals surface area contributed by atoms with E-state index in [9.17, 15) is 13.2 Å². The van der Waals surface area contributed by atoms with E-state index in [-0.39, 0.29) is 22.7 Å². The van der Waals surface area contributed by atoms with Gasteiger partial charge in [-0.1, -0.05) is 11.2 Å². The molecule has 1 aliphatic rings. The molecule has 1 aliphatic heterocycles. The summed E-state index contributed by atoms with van der Waals surface area (Å²) in [5.74, 6) is 1.18. The summed E-state index contributed by atoms with van der Waals surface area (Å²) in [6.45, 7) is 6.05. The number of alkyl halides is 3. The first-order chi connectivity index (χ1) is 15.3. The molecule has 172 valence electrons. The second-order valence-electron chi connectivity index (χ2n) is 8.05. The van der Waals surface area contributed by atoms with Gasteiger partial charge in [0.2, 0.25) is 0 Å². The van der Waals surface area contributed by atoms with Gasteiger partial charge in [-0.3, -0.25) is 4.90 Å². The molecule has 6 nitrogen and oxygen atoms in total. The number of rotatable bonds is 6. The molecule has 3 aromatic rings. The van der Waals surface area contributed by atoms with E-state index in [0.29, 0.717) is 36.9 Å². The summed E-state index contributed by atoms with van der Waals surface area (Å²) in [5, 5.41) is 4.02. The van der Waals surface area contributed by atoms with Crippen LogP contribution in [0, 0.1) is 6.92 Å². The van der Waals surface area contributed by atoms with Crippen LogP contribution in [0.3, 0.4) is 0 Å². The zero-order valence-electron chi connectivity index (χ0n) is 18.3. The SMILES string of the molecule is CCOc1cc(CN2CCC[C@H](c3noc4nc(C)cc(C(F)(F)F)c34)C2)ccc1OC. The largest absolute Gasteiger partial charge is 0.493 e. The van der Waals surface area contributed by atoms with E-state index in [0.717, 1.165) is 31.0 Å². The molecule has 0 radical (unpaired) electrons. The molecule has 4 rings (SSSR count). The Kier molecular flexibility index (Phi) is 6.28. The molecule has 0 N–H and O–H groups in total. The van der Waals surface area contributed by atoms with E-state index >= 15 is 0 Å². The number of benzene rings is 1. The van der Waals surface area contributed by atoms with Gasteiger partial charge in [-0.25, -0.2) is 4.98 Å². The molecular formula is C23H26F3N3O3. The molecule has 2 aromatic heterocycles. The van der Waals surface area contributed by atoms with Crippen LogP contribution in [0.1, 0.15) is 48.2 Å². The van der Waals surface area contributed by atoms with Gasteiger partial charge in [0.25, 0.3) is 5.71 Å². The number of methoxy groups -OCH3 is 1. The lowest BCUT2D eigenvalue weighted by molar-refractivity contribution is -0.136. The number of piperidine rings is 1. The summed E-state index contributed by atoms with van der Waals surface area (Å²) in [5.41, 5.74) is 0.857. The fourth-order valence-corrected chi connectivity index (χ4v) is 4.37. The molecule has 1 saturated heterocycles. The van der Waals surface area contributed by atoms with Crippen molar-refractivity contribution in [2.24, 2.45) is 0 Å². The molecule has 3 heterocycles. The highest BCUT2D eigenvalue weighted by molar-refractivity contribution is 5.81. The van der Waals surface area contributed by atoms with Crippen molar-refractivity contribution in [3.05, 3.63) is 46.8 Å². The number of pyridine rings is 1. The van der Waals surface area contributed by atoms with Gasteiger partial charge in [-0.15, -0.1) is 0 Å². The average Bonchev–Trinajstić information content (AvgIpc) is 3.17. The highest BCUT2D eigenvalue weighted by atomic mass is 19.4. The van der Waals surface area contributed by atoms with Crippen molar-refractivity contribution in [1.29, 1.82) is 0 Å². The smallest absolute Gasteiger partial charge is 0.417 e. The van der Waals surface area contributed by atoms with Gasteiger partial charge in [0.1, 0.15) is 0 Å². The Morgan fingerprint density at radius 1 is 1.22 bits per heavy atom. The zero-order chi connectivity index (χ0) is 22.9. The van der Waals surface area contributed by atoms with Crippen LogP contribution in [0.25, 0.3) is 11.1 Å². The normalized spacial score (nSPS) is 17.6. The molecule has 0 amide bonds. The van der Waals surface area contributed by atoms with Gasteiger partial charge in [-0.05, 0) is 57.0 Å². The maximum Gasteiger partial charge on any atom is 0.417 e. The minimum atomic E-state index is -4.50. The van der Waals surface area contributed by atoms with Crippen LogP contribution in [0.15, 0.2) is 28.8 Å². The maximum atomic E-state index is 13.7. The fourth-order valence-electron chi connectivity index (χ4n) is 4.37. The van der Waals surface area contributed by atoms with Gasteiger partial charge in [0.05, 0.1) is 30.4 Å². The second kappa shape index (κ2) is 8.97. The number of fused-ring (bicyclic) bond motifs is 1. The number of nitrogens with zero attached hydrogens (tertiary/aromatic N) is 3. The Bertz CT molecular complexity index is 1100. The number of hydrogen-bond donors (Lipinski definition) is 0. The van der Waals surface area contributed by atoms with E-state index in [1.165, 1.54) is 6.92 Å². The molecule has 1 fully saturated rings. The van der Waals surface area contributed by atoms with Crippen LogP contribution in [-0.2, 0) is 12.7 Å². The highest BCUT2D eigenvalue weighted by Gasteiger charge is 2.37. The molecule has 1 atom stereocenters. The summed E-state index contributed by atoms with van der Waals surface area (Å²) in [6.07, 6.45) is -2.90. The van der Waals surface area contributed by atoms with Gasteiger partial charge in [-0.2, -0.15) is 13.2 Å². The monoisotopic (exact) mass is 449 g/mol. The Morgan fingerprint density at radius 2 is 2.03 bits per heavy atom. The van der Waals surface area contributed by atoms with Crippen LogP contribution >= 0.6 is 0 Å². The average molecular weight is 449 g/mol. The van der Waals surface area contributed by atoms with Crippen molar-refractivity contribution in [1.82, 2.24) is 15.0 Å². The summed E-state index contributed by atoms with van der Waals surface area (Å²) >= 11 is 0. The molecular weight excluding hydrogens is 423 g/mol. The van der Waals surface area contributed by atoms with Gasteiger partial charge < -0.3 is 14.0 Å². The minimum absolute atomic E-state index is 0.0157. The Balaban J connectivity index is 1.59. The van der Waals surface area contributed by atoms with Crippen molar-refractivity contribution >= 4 is 11.1 Å². The van der Waals surface area contributed by atoms with Crippen molar-refractivity contribution in [2.75, 3.05) is 26.8 Å². The van der Waals surface area contributed by atoms with Crippen LogP contribution in [0.5, 0.6) is 11.5 Å². The Labute approximate surface area is 184 Å². The maximum absolute atomic E-state index is 13.7. The van der Waals surface area contributed by atoms with Crippen LogP contribution in [-0.4, -0.2) is 41.8 Å². The first-order valence-electron chi connectivity index (χ1n) is 10.7. The third kappa shape index (κ3) is 4.53. The molecule has 0 bridgehead atoms. The van der Waals surface area contributed by atoms with E-state index in [1.807, 2.05) is 25.1 Å². The fraction of sp³-hybridized carbons (Fsp3) is 0.478. The molecule has 32 heavy (non-hydrogen) atoms.